The molecule has 2 aliphatic heterocycles. The highest BCUT2D eigenvalue weighted by Gasteiger charge is 2.35. The monoisotopic (exact) mass is 220 g/mol. The van der Waals surface area contributed by atoms with Crippen molar-refractivity contribution >= 4 is 0 Å². The van der Waals surface area contributed by atoms with Crippen LogP contribution in [0.5, 0.6) is 0 Å². The van der Waals surface area contributed by atoms with E-state index in [1.807, 2.05) is 6.20 Å². The maximum absolute atomic E-state index is 4.25. The number of rotatable bonds is 3. The molecule has 0 spiro atoms. The third-order valence-electron chi connectivity index (χ3n) is 4.05. The normalized spacial score (nSPS) is 29.8. The minimum Gasteiger partial charge on any atom is -0.334 e. The molecule has 0 aromatic carbocycles. The Morgan fingerprint density at radius 3 is 2.69 bits per heavy atom. The molecule has 4 nitrogen and oxygen atoms in total. The zero-order valence-corrected chi connectivity index (χ0v) is 9.89. The Morgan fingerprint density at radius 1 is 1.31 bits per heavy atom. The number of nitrogens with one attached hydrogen (secondary N) is 1. The molecule has 4 heteroatoms. The number of fused-ring (bicyclic) bond motifs is 1. The average molecular weight is 220 g/mol. The fourth-order valence-corrected chi connectivity index (χ4v) is 3.02. The van der Waals surface area contributed by atoms with Crippen LogP contribution >= 0.6 is 0 Å². The van der Waals surface area contributed by atoms with Crippen molar-refractivity contribution < 1.29 is 0 Å². The molecular formula is C12H20N4. The third-order valence-corrected chi connectivity index (χ3v) is 4.05. The quantitative estimate of drug-likeness (QED) is 0.797. The Labute approximate surface area is 96.7 Å². The van der Waals surface area contributed by atoms with Crippen molar-refractivity contribution in [1.82, 2.24) is 19.8 Å². The second kappa shape index (κ2) is 4.18. The van der Waals surface area contributed by atoms with Gasteiger partial charge in [-0.15, -0.1) is 0 Å². The van der Waals surface area contributed by atoms with Gasteiger partial charge >= 0.3 is 0 Å². The van der Waals surface area contributed by atoms with Crippen LogP contribution in [0.15, 0.2) is 12.4 Å². The highest BCUT2D eigenvalue weighted by molar-refractivity contribution is 4.92. The third kappa shape index (κ3) is 1.87. The van der Waals surface area contributed by atoms with Gasteiger partial charge in [-0.1, -0.05) is 0 Å². The second-order valence-corrected chi connectivity index (χ2v) is 5.11. The highest BCUT2D eigenvalue weighted by atomic mass is 15.2. The molecule has 88 valence electrons. The molecule has 0 amide bonds. The van der Waals surface area contributed by atoms with Gasteiger partial charge in [-0.2, -0.15) is 0 Å². The van der Waals surface area contributed by atoms with Crippen molar-refractivity contribution in [2.75, 3.05) is 32.7 Å². The molecule has 0 bridgehead atoms. The van der Waals surface area contributed by atoms with Crippen LogP contribution in [0.3, 0.4) is 0 Å². The number of aromatic nitrogens is 2. The summed E-state index contributed by atoms with van der Waals surface area (Å²) >= 11 is 0. The first-order chi connectivity index (χ1) is 7.83. The van der Waals surface area contributed by atoms with Crippen LogP contribution < -0.4 is 5.32 Å². The van der Waals surface area contributed by atoms with Crippen LogP contribution in [-0.4, -0.2) is 47.2 Å². The van der Waals surface area contributed by atoms with E-state index in [2.05, 4.69) is 32.9 Å². The molecule has 2 atom stereocenters. The van der Waals surface area contributed by atoms with E-state index in [1.165, 1.54) is 32.7 Å². The number of imidazole rings is 1. The molecule has 2 saturated heterocycles. The Bertz CT molecular complexity index is 348. The second-order valence-electron chi connectivity index (χ2n) is 5.11. The summed E-state index contributed by atoms with van der Waals surface area (Å²) in [6.07, 6.45) is 3.96. The lowest BCUT2D eigenvalue weighted by Crippen LogP contribution is -2.29. The predicted octanol–water partition coefficient (Wildman–Crippen LogP) is 0.343. The standard InChI is InChI=1S/C12H20N4/c1-10-14-2-3-16(10)5-4-15-8-11-6-13-7-12(11)9-15/h2-3,11-13H,4-9H2,1H3. The highest BCUT2D eigenvalue weighted by Crippen LogP contribution is 2.25. The van der Waals surface area contributed by atoms with Gasteiger partial charge in [-0.05, 0) is 31.8 Å². The Kier molecular flexibility index (Phi) is 2.69. The van der Waals surface area contributed by atoms with E-state index in [1.54, 1.807) is 0 Å². The first kappa shape index (κ1) is 10.3. The summed E-state index contributed by atoms with van der Waals surface area (Å²) in [6, 6.07) is 0. The van der Waals surface area contributed by atoms with E-state index in [4.69, 9.17) is 0 Å². The predicted molar refractivity (Wildman–Crippen MR) is 63.3 cm³/mol. The fraction of sp³-hybridized carbons (Fsp3) is 0.750. The molecule has 1 N–H and O–H groups in total. The number of nitrogens with zero attached hydrogens (tertiary/aromatic N) is 3. The summed E-state index contributed by atoms with van der Waals surface area (Å²) < 4.78 is 2.24. The number of aryl methyl sites for hydroxylation is 1. The first-order valence-electron chi connectivity index (χ1n) is 6.24. The maximum Gasteiger partial charge on any atom is 0.105 e. The van der Waals surface area contributed by atoms with E-state index in [-0.39, 0.29) is 0 Å². The lowest BCUT2D eigenvalue weighted by molar-refractivity contribution is 0.298. The molecular weight excluding hydrogens is 200 g/mol. The molecule has 1 aromatic rings. The molecule has 0 aliphatic carbocycles. The topological polar surface area (TPSA) is 33.1 Å². The van der Waals surface area contributed by atoms with Crippen LogP contribution in [0.25, 0.3) is 0 Å². The van der Waals surface area contributed by atoms with Crippen molar-refractivity contribution in [3.8, 4) is 0 Å². The Balaban J connectivity index is 1.52. The molecule has 1 aromatic heterocycles. The van der Waals surface area contributed by atoms with Crippen molar-refractivity contribution in [3.05, 3.63) is 18.2 Å². The van der Waals surface area contributed by atoms with Crippen LogP contribution in [-0.2, 0) is 6.54 Å². The fourth-order valence-electron chi connectivity index (χ4n) is 3.02. The summed E-state index contributed by atoms with van der Waals surface area (Å²) in [4.78, 5) is 6.86. The smallest absolute Gasteiger partial charge is 0.105 e. The van der Waals surface area contributed by atoms with E-state index >= 15 is 0 Å². The molecule has 16 heavy (non-hydrogen) atoms. The van der Waals surface area contributed by atoms with E-state index in [9.17, 15) is 0 Å². The average Bonchev–Trinajstić information content (AvgIpc) is 2.89. The van der Waals surface area contributed by atoms with Gasteiger partial charge in [0.2, 0.25) is 0 Å². The SMILES string of the molecule is Cc1nccn1CCN1CC2CNCC2C1. The number of hydrogen-bond acceptors (Lipinski definition) is 3. The largest absolute Gasteiger partial charge is 0.334 e. The van der Waals surface area contributed by atoms with Crippen molar-refractivity contribution in [2.45, 2.75) is 13.5 Å². The van der Waals surface area contributed by atoms with Crippen molar-refractivity contribution in [2.24, 2.45) is 11.8 Å². The first-order valence-corrected chi connectivity index (χ1v) is 6.24. The number of likely N-dealkylation sites (tertiary alicyclic amines) is 1. The van der Waals surface area contributed by atoms with Crippen LogP contribution in [0.4, 0.5) is 0 Å². The van der Waals surface area contributed by atoms with Crippen molar-refractivity contribution in [3.63, 3.8) is 0 Å². The summed E-state index contributed by atoms with van der Waals surface area (Å²) in [6.45, 7) is 9.35. The maximum atomic E-state index is 4.25. The Hall–Kier alpha value is -0.870. The summed E-state index contributed by atoms with van der Waals surface area (Å²) in [5.41, 5.74) is 0. The summed E-state index contributed by atoms with van der Waals surface area (Å²) in [7, 11) is 0. The summed E-state index contributed by atoms with van der Waals surface area (Å²) in [5.74, 6) is 2.94. The minimum atomic E-state index is 0.906. The molecule has 0 saturated carbocycles. The zero-order valence-electron chi connectivity index (χ0n) is 9.89. The van der Waals surface area contributed by atoms with E-state index < -0.39 is 0 Å². The summed E-state index contributed by atoms with van der Waals surface area (Å²) in [5, 5.41) is 3.48. The van der Waals surface area contributed by atoms with E-state index in [0.717, 1.165) is 24.2 Å². The van der Waals surface area contributed by atoms with Gasteiger partial charge < -0.3 is 14.8 Å². The Morgan fingerprint density at radius 2 is 2.06 bits per heavy atom. The number of hydrogen-bond donors (Lipinski definition) is 1. The van der Waals surface area contributed by atoms with Crippen LogP contribution in [0.1, 0.15) is 5.82 Å². The van der Waals surface area contributed by atoms with Crippen LogP contribution in [0.2, 0.25) is 0 Å². The van der Waals surface area contributed by atoms with Gasteiger partial charge in [-0.3, -0.25) is 0 Å². The van der Waals surface area contributed by atoms with Gasteiger partial charge in [0, 0.05) is 38.6 Å². The minimum absolute atomic E-state index is 0.906. The van der Waals surface area contributed by atoms with Gasteiger partial charge in [0.25, 0.3) is 0 Å². The van der Waals surface area contributed by atoms with Gasteiger partial charge in [0.15, 0.2) is 0 Å². The molecule has 2 unspecified atom stereocenters. The van der Waals surface area contributed by atoms with E-state index in [0.29, 0.717) is 0 Å². The lowest BCUT2D eigenvalue weighted by Gasteiger charge is -2.17. The van der Waals surface area contributed by atoms with Crippen molar-refractivity contribution in [1.29, 1.82) is 0 Å². The zero-order chi connectivity index (χ0) is 11.0. The molecule has 3 rings (SSSR count). The van der Waals surface area contributed by atoms with Gasteiger partial charge in [0.1, 0.15) is 5.82 Å². The molecule has 2 aliphatic rings. The molecule has 2 fully saturated rings. The van der Waals surface area contributed by atoms with Gasteiger partial charge in [0.05, 0.1) is 0 Å². The molecule has 0 radical (unpaired) electrons. The van der Waals surface area contributed by atoms with Crippen LogP contribution in [0, 0.1) is 18.8 Å². The molecule has 3 heterocycles. The van der Waals surface area contributed by atoms with Gasteiger partial charge in [-0.25, -0.2) is 4.98 Å². The lowest BCUT2D eigenvalue weighted by atomic mass is 10.0.